The number of nitriles is 1. The van der Waals surface area contributed by atoms with Gasteiger partial charge in [-0.05, 0) is 18.6 Å². The molecule has 1 aliphatic carbocycles. The largest absolute Gasteiger partial charge is 0.387 e. The maximum Gasteiger partial charge on any atom is 0.319 e. The number of aryl methyl sites for hydroxylation is 1. The molecule has 0 amide bonds. The number of rotatable bonds is 4. The third-order valence-corrected chi connectivity index (χ3v) is 4.51. The Morgan fingerprint density at radius 3 is 2.88 bits per heavy atom. The molecule has 0 radical (unpaired) electrons. The normalized spacial score (nSPS) is 13.0. The molecule has 0 saturated carbocycles. The first kappa shape index (κ1) is 16.7. The minimum absolute atomic E-state index is 0.643. The van der Waals surface area contributed by atoms with Gasteiger partial charge in [-0.2, -0.15) is 15.0 Å². The summed E-state index contributed by atoms with van der Waals surface area (Å²) in [6.45, 7) is 13.0. The zero-order valence-corrected chi connectivity index (χ0v) is 14.9. The molecule has 2 aromatic heterocycles. The van der Waals surface area contributed by atoms with Crippen LogP contribution in [0, 0.1) is 24.8 Å². The fourth-order valence-electron chi connectivity index (χ4n) is 2.99. The molecule has 0 spiro atoms. The summed E-state index contributed by atoms with van der Waals surface area (Å²) in [5.74, 6) is 0. The molecule has 0 unspecified atom stereocenters. The second kappa shape index (κ2) is 6.07. The predicted octanol–water partition coefficient (Wildman–Crippen LogP) is 3.29. The summed E-state index contributed by atoms with van der Waals surface area (Å²) in [4.78, 5) is 8.38. The lowest BCUT2D eigenvalue weighted by molar-refractivity contribution is 0.400. The van der Waals surface area contributed by atoms with Crippen LogP contribution in [0.2, 0.25) is 0 Å². The van der Waals surface area contributed by atoms with Crippen LogP contribution in [-0.2, 0) is 18.5 Å². The molecule has 1 aliphatic rings. The highest BCUT2D eigenvalue weighted by molar-refractivity contribution is 5.88. The molecular formula is C19H20N6. The zero-order valence-electron chi connectivity index (χ0n) is 14.9. The fourth-order valence-corrected chi connectivity index (χ4v) is 2.99. The van der Waals surface area contributed by atoms with E-state index in [1.165, 1.54) is 0 Å². The maximum absolute atomic E-state index is 9.27. The molecule has 0 bridgehead atoms. The Labute approximate surface area is 147 Å². The van der Waals surface area contributed by atoms with Gasteiger partial charge in [-0.1, -0.05) is 6.08 Å². The van der Waals surface area contributed by atoms with Crippen LogP contribution in [0.5, 0.6) is 0 Å². The minimum atomic E-state index is -0.698. The van der Waals surface area contributed by atoms with Crippen molar-refractivity contribution in [2.45, 2.75) is 39.3 Å². The lowest BCUT2D eigenvalue weighted by Crippen LogP contribution is -2.22. The first-order valence-electron chi connectivity index (χ1n) is 8.15. The molecule has 0 aromatic carbocycles. The third-order valence-electron chi connectivity index (χ3n) is 4.51. The quantitative estimate of drug-likeness (QED) is 0.872. The van der Waals surface area contributed by atoms with Crippen LogP contribution in [0.4, 0.5) is 5.69 Å². The minimum Gasteiger partial charge on any atom is -0.387 e. The number of anilines is 1. The Morgan fingerprint density at radius 1 is 1.48 bits per heavy atom. The summed E-state index contributed by atoms with van der Waals surface area (Å²) < 4.78 is 1.71. The Kier molecular flexibility index (Phi) is 4.06. The van der Waals surface area contributed by atoms with Gasteiger partial charge in [0.1, 0.15) is 0 Å². The molecule has 25 heavy (non-hydrogen) atoms. The molecule has 126 valence electrons. The summed E-state index contributed by atoms with van der Waals surface area (Å²) in [5, 5.41) is 16.9. The van der Waals surface area contributed by atoms with Gasteiger partial charge in [0.25, 0.3) is 0 Å². The van der Waals surface area contributed by atoms with Crippen LogP contribution in [0.3, 0.4) is 0 Å². The number of pyridine rings is 1. The van der Waals surface area contributed by atoms with E-state index in [0.29, 0.717) is 18.4 Å². The van der Waals surface area contributed by atoms with Crippen molar-refractivity contribution in [2.24, 2.45) is 0 Å². The van der Waals surface area contributed by atoms with E-state index < -0.39 is 5.66 Å². The second-order valence-corrected chi connectivity index (χ2v) is 6.63. The topological polar surface area (TPSA) is 70.9 Å². The molecule has 2 heterocycles. The average Bonchev–Trinajstić information content (AvgIpc) is 3.18. The number of nitrogens with one attached hydrogen (secondary N) is 1. The summed E-state index contributed by atoms with van der Waals surface area (Å²) in [5.41, 5.74) is 5.65. The molecule has 0 atom stereocenters. The van der Waals surface area contributed by atoms with Crippen LogP contribution >= 0.6 is 0 Å². The van der Waals surface area contributed by atoms with Gasteiger partial charge < -0.3 is 5.32 Å². The Morgan fingerprint density at radius 2 is 2.24 bits per heavy atom. The number of aromatic nitrogens is 3. The second-order valence-electron chi connectivity index (χ2n) is 6.63. The number of allylic oxidation sites excluding steroid dienone is 2. The van der Waals surface area contributed by atoms with Crippen LogP contribution in [-0.4, -0.2) is 21.8 Å². The number of nitrogens with zero attached hydrogens (tertiary/aromatic N) is 5. The maximum atomic E-state index is 9.27. The Bertz CT molecular complexity index is 950. The first-order chi connectivity index (χ1) is 11.9. The van der Waals surface area contributed by atoms with Gasteiger partial charge in [0.05, 0.1) is 23.0 Å². The van der Waals surface area contributed by atoms with Crippen LogP contribution in [0.15, 0.2) is 18.3 Å². The van der Waals surface area contributed by atoms with Crippen molar-refractivity contribution in [3.63, 3.8) is 0 Å². The van der Waals surface area contributed by atoms with Gasteiger partial charge >= 0.3 is 5.66 Å². The van der Waals surface area contributed by atoms with Gasteiger partial charge in [-0.15, -0.1) is 0 Å². The first-order valence-corrected chi connectivity index (χ1v) is 8.15. The third kappa shape index (κ3) is 2.88. The monoisotopic (exact) mass is 332 g/mol. The summed E-state index contributed by atoms with van der Waals surface area (Å²) in [6, 6.07) is 4.23. The molecule has 6 heteroatoms. The van der Waals surface area contributed by atoms with E-state index in [1.54, 1.807) is 4.68 Å². The van der Waals surface area contributed by atoms with Gasteiger partial charge in [0.2, 0.25) is 0 Å². The van der Waals surface area contributed by atoms with Crippen molar-refractivity contribution in [3.8, 4) is 6.07 Å². The van der Waals surface area contributed by atoms with E-state index in [2.05, 4.69) is 21.3 Å². The number of fused-ring (bicyclic) bond motifs is 1. The van der Waals surface area contributed by atoms with Crippen molar-refractivity contribution in [1.82, 2.24) is 14.8 Å². The van der Waals surface area contributed by atoms with Crippen LogP contribution < -0.4 is 5.32 Å². The lowest BCUT2D eigenvalue weighted by Gasteiger charge is -2.11. The van der Waals surface area contributed by atoms with E-state index in [-0.39, 0.29) is 0 Å². The number of hydrogen-bond acceptors (Lipinski definition) is 4. The highest BCUT2D eigenvalue weighted by Crippen LogP contribution is 2.33. The highest BCUT2D eigenvalue weighted by atomic mass is 15.4. The smallest absolute Gasteiger partial charge is 0.319 e. The van der Waals surface area contributed by atoms with Crippen molar-refractivity contribution in [2.75, 3.05) is 12.4 Å². The Hall–Kier alpha value is -3.12. The van der Waals surface area contributed by atoms with E-state index in [1.807, 2.05) is 46.2 Å². The highest BCUT2D eigenvalue weighted by Gasteiger charge is 2.27. The average molecular weight is 332 g/mol. The van der Waals surface area contributed by atoms with Crippen molar-refractivity contribution in [1.29, 1.82) is 5.26 Å². The van der Waals surface area contributed by atoms with Crippen LogP contribution in [0.25, 0.3) is 10.4 Å². The van der Waals surface area contributed by atoms with E-state index in [0.717, 1.165) is 33.9 Å². The standard InChI is InChI=1S/C19H20N6/c1-12-14(11-25(24-12)19(2,3)22-5)8-15-9-17(21-4)18-13(10-20)6-7-16(18)23-15/h6,9,11H,7-8H2,1-4H3,(H,21,23). The predicted molar refractivity (Wildman–Crippen MR) is 96.8 cm³/mol. The molecule has 2 aromatic rings. The lowest BCUT2D eigenvalue weighted by atomic mass is 10.0. The van der Waals surface area contributed by atoms with Gasteiger partial charge in [0.15, 0.2) is 0 Å². The summed E-state index contributed by atoms with van der Waals surface area (Å²) in [7, 11) is 1.86. The summed E-state index contributed by atoms with van der Waals surface area (Å²) >= 11 is 0. The van der Waals surface area contributed by atoms with Gasteiger partial charge in [-0.25, -0.2) is 6.57 Å². The number of hydrogen-bond donors (Lipinski definition) is 1. The fraction of sp³-hybridized carbons (Fsp3) is 0.368. The Balaban J connectivity index is 1.96. The SMILES string of the molecule is [C-]#[N+]C(C)(C)n1cc(Cc2cc(NC)c3c(n2)CC=C3C#N)c(C)n1. The zero-order chi connectivity index (χ0) is 18.2. The van der Waals surface area contributed by atoms with Gasteiger partial charge in [-0.3, -0.25) is 9.83 Å². The van der Waals surface area contributed by atoms with E-state index in [9.17, 15) is 5.26 Å². The van der Waals surface area contributed by atoms with Crippen molar-refractivity contribution in [3.05, 3.63) is 58.0 Å². The van der Waals surface area contributed by atoms with Crippen molar-refractivity contribution < 1.29 is 0 Å². The summed E-state index contributed by atoms with van der Waals surface area (Å²) in [6.07, 6.45) is 5.18. The van der Waals surface area contributed by atoms with Gasteiger partial charge in [0, 0.05) is 56.9 Å². The molecule has 0 saturated heterocycles. The molecule has 0 aliphatic heterocycles. The van der Waals surface area contributed by atoms with Crippen LogP contribution in [0.1, 0.15) is 42.1 Å². The van der Waals surface area contributed by atoms with Crippen molar-refractivity contribution >= 4 is 11.3 Å². The molecule has 3 rings (SSSR count). The van der Waals surface area contributed by atoms with E-state index in [4.69, 9.17) is 11.6 Å². The molecule has 1 N–H and O–H groups in total. The molecule has 0 fully saturated rings. The molecule has 6 nitrogen and oxygen atoms in total. The van der Waals surface area contributed by atoms with E-state index >= 15 is 0 Å². The molecular weight excluding hydrogens is 312 g/mol.